The van der Waals surface area contributed by atoms with Crippen molar-refractivity contribution in [1.29, 1.82) is 0 Å². The van der Waals surface area contributed by atoms with Crippen LogP contribution in [0.5, 0.6) is 0 Å². The van der Waals surface area contributed by atoms with Crippen LogP contribution in [0.1, 0.15) is 27.2 Å². The third-order valence-electron chi connectivity index (χ3n) is 3.59. The minimum atomic E-state index is -3.95. The first kappa shape index (κ1) is 22.6. The highest BCUT2D eigenvalue weighted by Gasteiger charge is 2.26. The van der Waals surface area contributed by atoms with Gasteiger partial charge in [-0.3, -0.25) is 9.59 Å². The molecule has 0 aliphatic heterocycles. The highest BCUT2D eigenvalue weighted by atomic mass is 32.2. The molecular weight excluding hydrogens is 374 g/mol. The van der Waals surface area contributed by atoms with Crippen LogP contribution < -0.4 is 10.6 Å². The number of hydrogen-bond donors (Lipinski definition) is 3. The van der Waals surface area contributed by atoms with Crippen molar-refractivity contribution in [1.82, 2.24) is 9.62 Å². The molecule has 1 atom stereocenters. The maximum atomic E-state index is 12.5. The van der Waals surface area contributed by atoms with E-state index in [0.717, 1.165) is 4.31 Å². The molecule has 0 spiro atoms. The number of carbonyl (C=O) groups excluding carboxylic acids is 2. The van der Waals surface area contributed by atoms with E-state index in [9.17, 15) is 22.8 Å². The Morgan fingerprint density at radius 1 is 1.15 bits per heavy atom. The van der Waals surface area contributed by atoms with E-state index < -0.39 is 34.5 Å². The largest absolute Gasteiger partial charge is 0.480 e. The summed E-state index contributed by atoms with van der Waals surface area (Å²) in [5.41, 5.74) is 0.444. The van der Waals surface area contributed by atoms with Crippen LogP contribution in [-0.2, 0) is 24.4 Å². The third kappa shape index (κ3) is 6.99. The normalized spacial score (nSPS) is 12.7. The van der Waals surface area contributed by atoms with Gasteiger partial charge in [0.05, 0.1) is 11.4 Å². The summed E-state index contributed by atoms with van der Waals surface area (Å²) < 4.78 is 25.9. The Bertz CT molecular complexity index is 789. The number of amides is 2. The summed E-state index contributed by atoms with van der Waals surface area (Å²) in [4.78, 5) is 34.2. The molecule has 0 bridgehead atoms. The second-order valence-corrected chi connectivity index (χ2v) is 8.60. The first-order valence-corrected chi connectivity index (χ1v) is 9.73. The quantitative estimate of drug-likeness (QED) is 0.565. The number of likely N-dealkylation sites (N-methyl/N-ethyl adjacent to an activating group) is 1. The van der Waals surface area contributed by atoms with E-state index in [-0.39, 0.29) is 23.1 Å². The molecule has 0 aliphatic rings. The minimum Gasteiger partial charge on any atom is -0.480 e. The van der Waals surface area contributed by atoms with E-state index in [2.05, 4.69) is 10.6 Å². The van der Waals surface area contributed by atoms with Gasteiger partial charge in [-0.2, -0.15) is 4.31 Å². The lowest BCUT2D eigenvalue weighted by atomic mass is 10.0. The fraction of sp³-hybridized carbons (Fsp3) is 0.471. The zero-order valence-electron chi connectivity index (χ0n) is 15.7. The highest BCUT2D eigenvalue weighted by molar-refractivity contribution is 7.89. The Kier molecular flexibility index (Phi) is 7.92. The summed E-state index contributed by atoms with van der Waals surface area (Å²) >= 11 is 0. The molecule has 0 aromatic heterocycles. The van der Waals surface area contributed by atoms with Crippen molar-refractivity contribution in [2.45, 2.75) is 38.1 Å². The van der Waals surface area contributed by atoms with Gasteiger partial charge < -0.3 is 15.7 Å². The van der Waals surface area contributed by atoms with E-state index in [1.165, 1.54) is 38.2 Å². The van der Waals surface area contributed by atoms with Crippen molar-refractivity contribution in [2.75, 3.05) is 18.9 Å². The van der Waals surface area contributed by atoms with E-state index >= 15 is 0 Å². The van der Waals surface area contributed by atoms with Crippen molar-refractivity contribution in [3.8, 4) is 0 Å². The van der Waals surface area contributed by atoms with Crippen molar-refractivity contribution in [2.24, 2.45) is 5.92 Å². The van der Waals surface area contributed by atoms with Crippen LogP contribution in [0.3, 0.4) is 0 Å². The molecule has 3 N–H and O–H groups in total. The number of aliphatic carboxylic acids is 1. The molecule has 1 rings (SSSR count). The third-order valence-corrected chi connectivity index (χ3v) is 5.41. The fourth-order valence-corrected chi connectivity index (χ4v) is 3.44. The molecule has 150 valence electrons. The standard InChI is InChI=1S/C17H25N3O6S/c1-11(2)9-15(17(23)24)19-16(22)10-20(4)27(25,26)14-7-5-13(6-8-14)18-12(3)21/h5-8,11,15H,9-10H2,1-4H3,(H,18,21)(H,19,22)(H,23,24)/t15-/m1/s1. The first-order chi connectivity index (χ1) is 12.4. The predicted molar refractivity (Wildman–Crippen MR) is 99.6 cm³/mol. The molecule has 0 heterocycles. The van der Waals surface area contributed by atoms with E-state index in [4.69, 9.17) is 5.11 Å². The molecule has 0 aliphatic carbocycles. The number of hydrogen-bond acceptors (Lipinski definition) is 5. The topological polar surface area (TPSA) is 133 Å². The molecule has 27 heavy (non-hydrogen) atoms. The molecule has 1 aromatic rings. The van der Waals surface area contributed by atoms with Gasteiger partial charge >= 0.3 is 5.97 Å². The van der Waals surface area contributed by atoms with Crippen LogP contribution in [0.4, 0.5) is 5.69 Å². The predicted octanol–water partition coefficient (Wildman–Crippen LogP) is 0.881. The minimum absolute atomic E-state index is 0.0509. The summed E-state index contributed by atoms with van der Waals surface area (Å²) in [7, 11) is -2.71. The molecule has 0 unspecified atom stereocenters. The zero-order valence-corrected chi connectivity index (χ0v) is 16.5. The SMILES string of the molecule is CC(=O)Nc1ccc(S(=O)(=O)N(C)CC(=O)N[C@H](CC(C)C)C(=O)O)cc1. The number of carboxylic acids is 1. The zero-order chi connectivity index (χ0) is 20.8. The summed E-state index contributed by atoms with van der Waals surface area (Å²) in [5.74, 6) is -2.11. The van der Waals surface area contributed by atoms with Crippen LogP contribution in [0, 0.1) is 5.92 Å². The molecule has 0 saturated carbocycles. The molecule has 2 amide bonds. The summed E-state index contributed by atoms with van der Waals surface area (Å²) in [6.07, 6.45) is 0.238. The van der Waals surface area contributed by atoms with Crippen molar-refractivity contribution >= 4 is 33.5 Å². The van der Waals surface area contributed by atoms with Gasteiger partial charge in [-0.25, -0.2) is 13.2 Å². The van der Waals surface area contributed by atoms with Gasteiger partial charge in [-0.15, -0.1) is 0 Å². The lowest BCUT2D eigenvalue weighted by Gasteiger charge is -2.20. The molecule has 9 nitrogen and oxygen atoms in total. The number of rotatable bonds is 9. The van der Waals surface area contributed by atoms with E-state index in [1.807, 2.05) is 13.8 Å². The van der Waals surface area contributed by atoms with E-state index in [0.29, 0.717) is 5.69 Å². The van der Waals surface area contributed by atoms with Crippen LogP contribution in [0.15, 0.2) is 29.2 Å². The average Bonchev–Trinajstić information content (AvgIpc) is 2.53. The number of nitrogens with zero attached hydrogens (tertiary/aromatic N) is 1. The Morgan fingerprint density at radius 3 is 2.15 bits per heavy atom. The molecule has 1 aromatic carbocycles. The lowest BCUT2D eigenvalue weighted by molar-refractivity contribution is -0.142. The molecule has 10 heteroatoms. The average molecular weight is 399 g/mol. The van der Waals surface area contributed by atoms with E-state index in [1.54, 1.807) is 0 Å². The Labute approximate surface area is 158 Å². The van der Waals surface area contributed by atoms with Gasteiger partial charge in [0.1, 0.15) is 6.04 Å². The number of benzene rings is 1. The number of nitrogens with one attached hydrogen (secondary N) is 2. The van der Waals surface area contributed by atoms with Gasteiger partial charge in [0.15, 0.2) is 0 Å². The summed E-state index contributed by atoms with van der Waals surface area (Å²) in [6.45, 7) is 4.46. The maximum absolute atomic E-state index is 12.5. The van der Waals surface area contributed by atoms with Crippen LogP contribution in [-0.4, -0.2) is 55.2 Å². The number of anilines is 1. The second kappa shape index (κ2) is 9.47. The van der Waals surface area contributed by atoms with Gasteiger partial charge in [0.2, 0.25) is 21.8 Å². The van der Waals surface area contributed by atoms with Gasteiger partial charge in [0.25, 0.3) is 0 Å². The van der Waals surface area contributed by atoms with Gasteiger partial charge in [0, 0.05) is 19.7 Å². The fourth-order valence-electron chi connectivity index (χ4n) is 2.31. The van der Waals surface area contributed by atoms with Crippen LogP contribution in [0.25, 0.3) is 0 Å². The smallest absolute Gasteiger partial charge is 0.326 e. The Hall–Kier alpha value is -2.46. The van der Waals surface area contributed by atoms with Crippen molar-refractivity contribution < 1.29 is 27.9 Å². The highest BCUT2D eigenvalue weighted by Crippen LogP contribution is 2.17. The van der Waals surface area contributed by atoms with Gasteiger partial charge in [-0.1, -0.05) is 13.8 Å². The summed E-state index contributed by atoms with van der Waals surface area (Å²) in [6, 6.07) is 4.42. The first-order valence-electron chi connectivity index (χ1n) is 8.29. The lowest BCUT2D eigenvalue weighted by Crippen LogP contribution is -2.46. The molecule has 0 radical (unpaired) electrons. The van der Waals surface area contributed by atoms with Crippen molar-refractivity contribution in [3.05, 3.63) is 24.3 Å². The summed E-state index contributed by atoms with van der Waals surface area (Å²) in [5, 5.41) is 14.0. The second-order valence-electron chi connectivity index (χ2n) is 6.55. The van der Waals surface area contributed by atoms with Crippen LogP contribution in [0.2, 0.25) is 0 Å². The monoisotopic (exact) mass is 399 g/mol. The Balaban J connectivity index is 2.81. The maximum Gasteiger partial charge on any atom is 0.326 e. The Morgan fingerprint density at radius 2 is 1.70 bits per heavy atom. The van der Waals surface area contributed by atoms with Crippen molar-refractivity contribution in [3.63, 3.8) is 0 Å². The van der Waals surface area contributed by atoms with Crippen LogP contribution >= 0.6 is 0 Å². The molecule has 0 fully saturated rings. The number of carbonyl (C=O) groups is 3. The van der Waals surface area contributed by atoms with Gasteiger partial charge in [-0.05, 0) is 36.6 Å². The number of sulfonamides is 1. The molecule has 0 saturated heterocycles. The molecular formula is C17H25N3O6S. The number of carboxylic acid groups (broad SMARTS) is 1.